The second-order valence-electron chi connectivity index (χ2n) is 6.07. The van der Waals surface area contributed by atoms with Gasteiger partial charge in [-0.1, -0.05) is 52.3 Å². The average Bonchev–Trinajstić information content (AvgIpc) is 2.34. The summed E-state index contributed by atoms with van der Waals surface area (Å²) in [6, 6.07) is 7.18. The molecule has 0 amide bonds. The van der Waals surface area contributed by atoms with Crippen LogP contribution in [-0.4, -0.2) is 5.75 Å². The van der Waals surface area contributed by atoms with Crippen molar-refractivity contribution in [2.75, 3.05) is 5.75 Å². The van der Waals surface area contributed by atoms with Crippen LogP contribution in [0.15, 0.2) is 18.2 Å². The number of fused-ring (bicyclic) bond motifs is 1. The van der Waals surface area contributed by atoms with E-state index in [1.807, 2.05) is 0 Å². The van der Waals surface area contributed by atoms with Crippen LogP contribution < -0.4 is 0 Å². The van der Waals surface area contributed by atoms with Gasteiger partial charge in [-0.15, -0.1) is 0 Å². The largest absolute Gasteiger partial charge is 0.153 e. The van der Waals surface area contributed by atoms with Crippen LogP contribution in [0.5, 0.6) is 0 Å². The Bertz CT molecular complexity index is 406. The molecule has 2 rings (SSSR count). The molecular weight excluding hydrogens is 236 g/mol. The van der Waals surface area contributed by atoms with Gasteiger partial charge >= 0.3 is 0 Å². The highest BCUT2D eigenvalue weighted by Crippen LogP contribution is 2.45. The summed E-state index contributed by atoms with van der Waals surface area (Å²) in [5.74, 6) is 1.32. The molecular formula is C17H26S. The van der Waals surface area contributed by atoms with E-state index in [2.05, 4.69) is 57.7 Å². The maximum atomic E-state index is 2.48. The van der Waals surface area contributed by atoms with Crippen LogP contribution in [0.4, 0.5) is 0 Å². The molecule has 0 saturated heterocycles. The average molecular weight is 262 g/mol. The highest BCUT2D eigenvalue weighted by molar-refractivity contribution is 7.99. The van der Waals surface area contributed by atoms with Crippen molar-refractivity contribution in [2.24, 2.45) is 0 Å². The van der Waals surface area contributed by atoms with Crippen molar-refractivity contribution in [1.29, 1.82) is 0 Å². The van der Waals surface area contributed by atoms with E-state index in [4.69, 9.17) is 0 Å². The van der Waals surface area contributed by atoms with Crippen LogP contribution in [0.25, 0.3) is 0 Å². The Hall–Kier alpha value is -0.430. The van der Waals surface area contributed by atoms with Crippen LogP contribution in [0.1, 0.15) is 68.9 Å². The van der Waals surface area contributed by atoms with Crippen molar-refractivity contribution in [3.63, 3.8) is 0 Å². The van der Waals surface area contributed by atoms with Gasteiger partial charge < -0.3 is 0 Å². The van der Waals surface area contributed by atoms with Gasteiger partial charge in [-0.25, -0.2) is 0 Å². The van der Waals surface area contributed by atoms with Crippen molar-refractivity contribution >= 4 is 11.8 Å². The summed E-state index contributed by atoms with van der Waals surface area (Å²) in [6.45, 7) is 9.27. The molecule has 0 N–H and O–H groups in total. The normalized spacial score (nSPS) is 18.3. The first kappa shape index (κ1) is 14.0. The SMILES string of the molecule is CCCCSC1Cc2ccc(C(C)(C)CC)cc21. The third-order valence-corrected chi connectivity index (χ3v) is 5.73. The summed E-state index contributed by atoms with van der Waals surface area (Å²) in [6.07, 6.45) is 5.17. The lowest BCUT2D eigenvalue weighted by Gasteiger charge is -2.33. The van der Waals surface area contributed by atoms with Crippen LogP contribution in [0, 0.1) is 0 Å². The summed E-state index contributed by atoms with van der Waals surface area (Å²) in [4.78, 5) is 0. The second-order valence-corrected chi connectivity index (χ2v) is 7.38. The minimum atomic E-state index is 0.323. The molecule has 0 aromatic heterocycles. The molecule has 0 fully saturated rings. The Balaban J connectivity index is 2.08. The third-order valence-electron chi connectivity index (χ3n) is 4.38. The van der Waals surface area contributed by atoms with E-state index in [9.17, 15) is 0 Å². The molecule has 1 aliphatic rings. The number of unbranched alkanes of at least 4 members (excludes halogenated alkanes) is 1. The molecule has 0 aliphatic heterocycles. The standard InChI is InChI=1S/C17H26S/c1-5-7-10-18-16-11-13-8-9-14(12-15(13)16)17(3,4)6-2/h8-9,12,16H,5-7,10-11H2,1-4H3. The van der Waals surface area contributed by atoms with Gasteiger partial charge in [0.2, 0.25) is 0 Å². The molecule has 0 bridgehead atoms. The lowest BCUT2D eigenvalue weighted by Crippen LogP contribution is -2.20. The van der Waals surface area contributed by atoms with E-state index >= 15 is 0 Å². The van der Waals surface area contributed by atoms with Crippen LogP contribution >= 0.6 is 11.8 Å². The summed E-state index contributed by atoms with van der Waals surface area (Å²) < 4.78 is 0. The molecule has 0 nitrogen and oxygen atoms in total. The molecule has 18 heavy (non-hydrogen) atoms. The zero-order chi connectivity index (χ0) is 13.2. The third kappa shape index (κ3) is 2.77. The highest BCUT2D eigenvalue weighted by Gasteiger charge is 2.28. The molecule has 1 aromatic carbocycles. The quantitative estimate of drug-likeness (QED) is 0.610. The van der Waals surface area contributed by atoms with Crippen molar-refractivity contribution in [1.82, 2.24) is 0 Å². The number of benzene rings is 1. The van der Waals surface area contributed by atoms with Crippen LogP contribution in [-0.2, 0) is 11.8 Å². The van der Waals surface area contributed by atoms with E-state index < -0.39 is 0 Å². The fraction of sp³-hybridized carbons (Fsp3) is 0.647. The van der Waals surface area contributed by atoms with Gasteiger partial charge in [0.1, 0.15) is 0 Å². The number of rotatable bonds is 6. The van der Waals surface area contributed by atoms with E-state index in [1.165, 1.54) is 37.0 Å². The number of thioether (sulfide) groups is 1. The second kappa shape index (κ2) is 5.69. The topological polar surface area (TPSA) is 0 Å². The van der Waals surface area contributed by atoms with Crippen LogP contribution in [0.2, 0.25) is 0 Å². The van der Waals surface area contributed by atoms with Gasteiger partial charge in [0.25, 0.3) is 0 Å². The zero-order valence-corrected chi connectivity index (χ0v) is 13.1. The van der Waals surface area contributed by atoms with Crippen molar-refractivity contribution < 1.29 is 0 Å². The molecule has 0 heterocycles. The molecule has 0 radical (unpaired) electrons. The Labute approximate surface area is 117 Å². The molecule has 0 saturated carbocycles. The zero-order valence-electron chi connectivity index (χ0n) is 12.3. The van der Waals surface area contributed by atoms with Gasteiger partial charge in [0, 0.05) is 5.25 Å². The highest BCUT2D eigenvalue weighted by atomic mass is 32.2. The monoisotopic (exact) mass is 262 g/mol. The molecule has 1 aromatic rings. The predicted molar refractivity (Wildman–Crippen MR) is 83.6 cm³/mol. The Morgan fingerprint density at radius 3 is 2.72 bits per heavy atom. The number of hydrogen-bond acceptors (Lipinski definition) is 1. The van der Waals surface area contributed by atoms with Gasteiger partial charge in [0.15, 0.2) is 0 Å². The van der Waals surface area contributed by atoms with Crippen molar-refractivity contribution in [2.45, 2.75) is 64.0 Å². The molecule has 100 valence electrons. The summed E-state index contributed by atoms with van der Waals surface area (Å²) in [5, 5.41) is 0.777. The minimum Gasteiger partial charge on any atom is -0.153 e. The maximum absolute atomic E-state index is 2.48. The van der Waals surface area contributed by atoms with E-state index in [0.29, 0.717) is 5.41 Å². The van der Waals surface area contributed by atoms with Crippen molar-refractivity contribution in [3.05, 3.63) is 34.9 Å². The Morgan fingerprint density at radius 2 is 2.06 bits per heavy atom. The summed E-state index contributed by atoms with van der Waals surface area (Å²) in [7, 11) is 0. The maximum Gasteiger partial charge on any atom is 0.0340 e. The van der Waals surface area contributed by atoms with Crippen molar-refractivity contribution in [3.8, 4) is 0 Å². The molecule has 1 aliphatic carbocycles. The molecule has 1 atom stereocenters. The Kier molecular flexibility index (Phi) is 4.42. The Morgan fingerprint density at radius 1 is 1.28 bits per heavy atom. The fourth-order valence-corrected chi connectivity index (χ4v) is 3.84. The van der Waals surface area contributed by atoms with E-state index in [1.54, 1.807) is 11.1 Å². The van der Waals surface area contributed by atoms with E-state index in [0.717, 1.165) is 5.25 Å². The lowest BCUT2D eigenvalue weighted by molar-refractivity contribution is 0.504. The summed E-state index contributed by atoms with van der Waals surface area (Å²) in [5.41, 5.74) is 5.04. The van der Waals surface area contributed by atoms with Gasteiger partial charge in [-0.3, -0.25) is 0 Å². The molecule has 0 spiro atoms. The minimum absolute atomic E-state index is 0.323. The summed E-state index contributed by atoms with van der Waals surface area (Å²) >= 11 is 2.16. The van der Waals surface area contributed by atoms with E-state index in [-0.39, 0.29) is 0 Å². The number of hydrogen-bond donors (Lipinski definition) is 0. The first-order chi connectivity index (χ1) is 8.58. The molecule has 1 heteroatoms. The van der Waals surface area contributed by atoms with Gasteiger partial charge in [0.05, 0.1) is 0 Å². The lowest BCUT2D eigenvalue weighted by atomic mass is 9.77. The first-order valence-corrected chi connectivity index (χ1v) is 8.38. The fourth-order valence-electron chi connectivity index (χ4n) is 2.40. The van der Waals surface area contributed by atoms with Gasteiger partial charge in [-0.05, 0) is 47.1 Å². The predicted octanol–water partition coefficient (Wildman–Crippen LogP) is 5.50. The first-order valence-electron chi connectivity index (χ1n) is 7.33. The van der Waals surface area contributed by atoms with Crippen LogP contribution in [0.3, 0.4) is 0 Å². The van der Waals surface area contributed by atoms with Gasteiger partial charge in [-0.2, -0.15) is 11.8 Å². The molecule has 1 unspecified atom stereocenters. The smallest absolute Gasteiger partial charge is 0.0340 e.